The van der Waals surface area contributed by atoms with Gasteiger partial charge >= 0.3 is 0 Å². The van der Waals surface area contributed by atoms with Crippen molar-refractivity contribution in [2.24, 2.45) is 0 Å². The molecule has 0 saturated carbocycles. The van der Waals surface area contributed by atoms with Gasteiger partial charge in [0.05, 0.1) is 0 Å². The minimum Gasteiger partial charge on any atom is -0.0829 e. The fourth-order valence-corrected chi connectivity index (χ4v) is 2.56. The largest absolute Gasteiger partial charge is 0.0829 e. The van der Waals surface area contributed by atoms with Gasteiger partial charge in [-0.3, -0.25) is 0 Å². The Morgan fingerprint density at radius 2 is 1.93 bits per heavy atom. The van der Waals surface area contributed by atoms with Gasteiger partial charge in [-0.25, -0.2) is 0 Å². The Morgan fingerprint density at radius 1 is 1.13 bits per heavy atom. The lowest BCUT2D eigenvalue weighted by Gasteiger charge is -2.11. The van der Waals surface area contributed by atoms with Gasteiger partial charge in [0.2, 0.25) is 0 Å². The van der Waals surface area contributed by atoms with E-state index in [0.717, 1.165) is 6.42 Å². The molecule has 0 aromatic heterocycles. The first-order valence-electron chi connectivity index (χ1n) is 5.40. The highest BCUT2D eigenvalue weighted by Gasteiger charge is 2.05. The van der Waals surface area contributed by atoms with E-state index in [-0.39, 0.29) is 0 Å². The molecule has 0 spiro atoms. The lowest BCUT2D eigenvalue weighted by molar-refractivity contribution is 0.934. The van der Waals surface area contributed by atoms with Gasteiger partial charge in [-0.05, 0) is 24.8 Å². The van der Waals surface area contributed by atoms with E-state index in [1.807, 2.05) is 0 Å². The van der Waals surface area contributed by atoms with Crippen molar-refractivity contribution >= 4 is 22.6 Å². The minimum atomic E-state index is 0.693. The molecule has 0 aliphatic heterocycles. The molecule has 1 aromatic carbocycles. The van der Waals surface area contributed by atoms with Gasteiger partial charge in [-0.15, -0.1) is 0 Å². The smallest absolute Gasteiger partial charge is 0.0329 e. The van der Waals surface area contributed by atoms with Gasteiger partial charge < -0.3 is 0 Å². The van der Waals surface area contributed by atoms with E-state index in [0.29, 0.717) is 3.92 Å². The summed E-state index contributed by atoms with van der Waals surface area (Å²) in [6, 6.07) is 10.7. The molecule has 1 atom stereocenters. The Kier molecular flexibility index (Phi) is 4.01. The standard InChI is InChI=1S/C14H15I/c15-14-8-4-7-13(11-14)10-9-12-5-2-1-3-6-12/h1-7,11,14H,8-10H2. The Bertz CT molecular complexity index is 362. The molecule has 1 unspecified atom stereocenters. The van der Waals surface area contributed by atoms with Crippen molar-refractivity contribution in [3.63, 3.8) is 0 Å². The maximum Gasteiger partial charge on any atom is 0.0329 e. The summed E-state index contributed by atoms with van der Waals surface area (Å²) in [6.07, 6.45) is 10.5. The van der Waals surface area contributed by atoms with Crippen LogP contribution in [0.2, 0.25) is 0 Å². The molecule has 0 fully saturated rings. The maximum atomic E-state index is 2.50. The molecule has 1 aliphatic rings. The zero-order valence-corrected chi connectivity index (χ0v) is 10.9. The van der Waals surface area contributed by atoms with Gasteiger partial charge in [0, 0.05) is 3.92 Å². The van der Waals surface area contributed by atoms with Gasteiger partial charge in [0.1, 0.15) is 0 Å². The summed E-state index contributed by atoms with van der Waals surface area (Å²) in [4.78, 5) is 0. The highest BCUT2D eigenvalue weighted by Crippen LogP contribution is 2.20. The predicted molar refractivity (Wildman–Crippen MR) is 74.4 cm³/mol. The SMILES string of the molecule is IC1C=C(CCc2ccccc2)C=CC1. The van der Waals surface area contributed by atoms with Gasteiger partial charge in [-0.1, -0.05) is 76.7 Å². The number of benzene rings is 1. The quantitative estimate of drug-likeness (QED) is 0.576. The van der Waals surface area contributed by atoms with E-state index in [1.165, 1.54) is 24.0 Å². The summed E-state index contributed by atoms with van der Waals surface area (Å²) in [5.74, 6) is 0. The monoisotopic (exact) mass is 310 g/mol. The van der Waals surface area contributed by atoms with Crippen molar-refractivity contribution < 1.29 is 0 Å². The second kappa shape index (κ2) is 5.50. The van der Waals surface area contributed by atoms with Gasteiger partial charge in [0.15, 0.2) is 0 Å². The van der Waals surface area contributed by atoms with Crippen LogP contribution in [-0.4, -0.2) is 3.92 Å². The molecule has 0 heterocycles. The Labute approximate surface area is 105 Å². The van der Waals surface area contributed by atoms with E-state index in [1.54, 1.807) is 0 Å². The first-order valence-corrected chi connectivity index (χ1v) is 6.64. The fourth-order valence-electron chi connectivity index (χ4n) is 1.81. The number of halogens is 1. The summed E-state index contributed by atoms with van der Waals surface area (Å²) in [5, 5.41) is 0. The van der Waals surface area contributed by atoms with E-state index in [9.17, 15) is 0 Å². The van der Waals surface area contributed by atoms with Gasteiger partial charge in [0.25, 0.3) is 0 Å². The molecule has 0 saturated heterocycles. The molecule has 1 aromatic rings. The van der Waals surface area contributed by atoms with Crippen molar-refractivity contribution in [1.82, 2.24) is 0 Å². The molecule has 0 N–H and O–H groups in total. The molecule has 1 heteroatoms. The highest BCUT2D eigenvalue weighted by atomic mass is 127. The predicted octanol–water partition coefficient (Wildman–Crippen LogP) is 4.31. The van der Waals surface area contributed by atoms with Crippen LogP contribution in [0.1, 0.15) is 18.4 Å². The van der Waals surface area contributed by atoms with E-state index < -0.39 is 0 Å². The van der Waals surface area contributed by atoms with Crippen molar-refractivity contribution in [1.29, 1.82) is 0 Å². The van der Waals surface area contributed by atoms with Crippen LogP contribution in [0.15, 0.2) is 54.1 Å². The third-order valence-corrected chi connectivity index (χ3v) is 3.50. The topological polar surface area (TPSA) is 0 Å². The molecule has 78 valence electrons. The van der Waals surface area contributed by atoms with E-state index >= 15 is 0 Å². The highest BCUT2D eigenvalue weighted by molar-refractivity contribution is 14.1. The molecule has 15 heavy (non-hydrogen) atoms. The van der Waals surface area contributed by atoms with Crippen molar-refractivity contribution in [3.8, 4) is 0 Å². The number of hydrogen-bond donors (Lipinski definition) is 0. The first kappa shape index (κ1) is 10.9. The average Bonchev–Trinajstić information content (AvgIpc) is 2.28. The Morgan fingerprint density at radius 3 is 2.67 bits per heavy atom. The second-order valence-corrected chi connectivity index (χ2v) is 5.48. The van der Waals surface area contributed by atoms with Crippen LogP contribution in [0.3, 0.4) is 0 Å². The van der Waals surface area contributed by atoms with Crippen molar-refractivity contribution in [3.05, 3.63) is 59.7 Å². The number of allylic oxidation sites excluding steroid dienone is 4. The number of alkyl halides is 1. The van der Waals surface area contributed by atoms with Crippen LogP contribution in [0.4, 0.5) is 0 Å². The van der Waals surface area contributed by atoms with Gasteiger partial charge in [-0.2, -0.15) is 0 Å². The number of hydrogen-bond acceptors (Lipinski definition) is 0. The summed E-state index contributed by atoms with van der Waals surface area (Å²) in [7, 11) is 0. The first-order chi connectivity index (χ1) is 7.34. The van der Waals surface area contributed by atoms with Crippen LogP contribution in [0.25, 0.3) is 0 Å². The molecule has 1 aliphatic carbocycles. The molecule has 0 bridgehead atoms. The number of rotatable bonds is 3. The zero-order valence-electron chi connectivity index (χ0n) is 8.70. The summed E-state index contributed by atoms with van der Waals surface area (Å²) in [5.41, 5.74) is 2.92. The lowest BCUT2D eigenvalue weighted by atomic mass is 10.00. The Hall–Kier alpha value is -0.570. The average molecular weight is 310 g/mol. The Balaban J connectivity index is 1.91. The number of aryl methyl sites for hydroxylation is 1. The molecular weight excluding hydrogens is 295 g/mol. The molecular formula is C14H15I. The van der Waals surface area contributed by atoms with Crippen LogP contribution in [0, 0.1) is 0 Å². The molecule has 0 nitrogen and oxygen atoms in total. The maximum absolute atomic E-state index is 2.50. The van der Waals surface area contributed by atoms with Crippen LogP contribution in [0.5, 0.6) is 0 Å². The summed E-state index contributed by atoms with van der Waals surface area (Å²) in [6.45, 7) is 0. The minimum absolute atomic E-state index is 0.693. The summed E-state index contributed by atoms with van der Waals surface area (Å²) < 4.78 is 0.693. The van der Waals surface area contributed by atoms with Crippen molar-refractivity contribution in [2.75, 3.05) is 0 Å². The normalized spacial score (nSPS) is 20.1. The fraction of sp³-hybridized carbons (Fsp3) is 0.286. The van der Waals surface area contributed by atoms with E-state index in [2.05, 4.69) is 71.2 Å². The van der Waals surface area contributed by atoms with Crippen LogP contribution < -0.4 is 0 Å². The zero-order chi connectivity index (χ0) is 10.5. The second-order valence-electron chi connectivity index (χ2n) is 3.88. The third kappa shape index (κ3) is 3.49. The van der Waals surface area contributed by atoms with E-state index in [4.69, 9.17) is 0 Å². The van der Waals surface area contributed by atoms with Crippen molar-refractivity contribution in [2.45, 2.75) is 23.2 Å². The van der Waals surface area contributed by atoms with Crippen LogP contribution >= 0.6 is 22.6 Å². The summed E-state index contributed by atoms with van der Waals surface area (Å²) >= 11 is 2.50. The molecule has 2 rings (SSSR count). The molecule has 0 radical (unpaired) electrons. The lowest BCUT2D eigenvalue weighted by Crippen LogP contribution is -1.98. The third-order valence-electron chi connectivity index (χ3n) is 2.63. The van der Waals surface area contributed by atoms with Crippen LogP contribution in [-0.2, 0) is 6.42 Å². The molecule has 0 amide bonds.